The van der Waals surface area contributed by atoms with E-state index in [1.54, 1.807) is 49.6 Å². The van der Waals surface area contributed by atoms with Gasteiger partial charge in [0.2, 0.25) is 5.91 Å². The molecule has 1 aliphatic heterocycles. The lowest BCUT2D eigenvalue weighted by Crippen LogP contribution is -2.36. The van der Waals surface area contributed by atoms with Crippen LogP contribution in [0.5, 0.6) is 5.75 Å². The third kappa shape index (κ3) is 5.54. The summed E-state index contributed by atoms with van der Waals surface area (Å²) in [6.45, 7) is 2.71. The van der Waals surface area contributed by atoms with Crippen molar-refractivity contribution >= 4 is 39.8 Å². The lowest BCUT2D eigenvalue weighted by Gasteiger charge is -2.26. The molecular weight excluding hydrogens is 444 g/mol. The van der Waals surface area contributed by atoms with Crippen molar-refractivity contribution in [2.24, 2.45) is 0 Å². The van der Waals surface area contributed by atoms with Gasteiger partial charge in [-0.2, -0.15) is 0 Å². The number of nitrogens with zero attached hydrogens (tertiary/aromatic N) is 3. The molecule has 0 unspecified atom stereocenters. The number of nitro groups is 1. The molecule has 33 heavy (non-hydrogen) atoms. The Bertz CT molecular complexity index is 1150. The van der Waals surface area contributed by atoms with E-state index in [4.69, 9.17) is 14.5 Å². The van der Waals surface area contributed by atoms with E-state index in [9.17, 15) is 14.9 Å². The summed E-state index contributed by atoms with van der Waals surface area (Å²) in [6, 6.07) is 13.3. The number of thiazole rings is 1. The van der Waals surface area contributed by atoms with E-state index in [0.29, 0.717) is 30.3 Å². The molecule has 1 aliphatic rings. The average Bonchev–Trinajstić information content (AvgIpc) is 3.28. The molecule has 10 heteroatoms. The van der Waals surface area contributed by atoms with Crippen LogP contribution in [0.2, 0.25) is 0 Å². The summed E-state index contributed by atoms with van der Waals surface area (Å²) in [4.78, 5) is 30.7. The number of methoxy groups -OCH3 is 1. The maximum atomic E-state index is 12.5. The van der Waals surface area contributed by atoms with Crippen LogP contribution < -0.4 is 15.0 Å². The van der Waals surface area contributed by atoms with Crippen LogP contribution in [0.4, 0.5) is 16.5 Å². The molecule has 0 spiro atoms. The normalized spacial score (nSPS) is 13.8. The number of rotatable bonds is 7. The van der Waals surface area contributed by atoms with E-state index >= 15 is 0 Å². The predicted octanol–water partition coefficient (Wildman–Crippen LogP) is 4.22. The Balaban J connectivity index is 1.58. The van der Waals surface area contributed by atoms with Crippen LogP contribution in [0.15, 0.2) is 54.6 Å². The number of benzene rings is 2. The number of aromatic nitrogens is 1. The van der Waals surface area contributed by atoms with E-state index in [-0.39, 0.29) is 11.6 Å². The Hall–Kier alpha value is -3.76. The number of amides is 1. The minimum atomic E-state index is -0.436. The van der Waals surface area contributed by atoms with Gasteiger partial charge in [-0.3, -0.25) is 14.9 Å². The summed E-state index contributed by atoms with van der Waals surface area (Å²) in [5, 5.41) is 14.6. The van der Waals surface area contributed by atoms with Crippen LogP contribution in [0.25, 0.3) is 17.3 Å². The molecule has 0 saturated carbocycles. The molecule has 1 amide bonds. The van der Waals surface area contributed by atoms with E-state index in [2.05, 4.69) is 10.2 Å². The molecule has 9 nitrogen and oxygen atoms in total. The number of nitrogens with one attached hydrogen (secondary N) is 1. The number of carbonyl (C=O) groups is 1. The fourth-order valence-electron chi connectivity index (χ4n) is 3.28. The molecule has 0 bridgehead atoms. The van der Waals surface area contributed by atoms with Gasteiger partial charge < -0.3 is 19.7 Å². The number of hydrogen-bond donors (Lipinski definition) is 1. The van der Waals surface area contributed by atoms with Gasteiger partial charge in [0.15, 0.2) is 5.13 Å². The summed E-state index contributed by atoms with van der Waals surface area (Å²) >= 11 is 1.47. The summed E-state index contributed by atoms with van der Waals surface area (Å²) in [6.07, 6.45) is 3.17. The van der Waals surface area contributed by atoms with Crippen molar-refractivity contribution in [3.8, 4) is 17.0 Å². The van der Waals surface area contributed by atoms with Gasteiger partial charge in [-0.05, 0) is 42.5 Å². The molecule has 1 fully saturated rings. The number of non-ortho nitro benzene ring substituents is 1. The van der Waals surface area contributed by atoms with Crippen LogP contribution in [0.1, 0.15) is 4.88 Å². The molecule has 4 rings (SSSR count). The fourth-order valence-corrected chi connectivity index (χ4v) is 4.32. The molecule has 1 aromatic heterocycles. The maximum Gasteiger partial charge on any atom is 0.269 e. The third-order valence-electron chi connectivity index (χ3n) is 5.02. The number of morpholine rings is 1. The molecule has 2 aromatic carbocycles. The van der Waals surface area contributed by atoms with Crippen molar-refractivity contribution < 1.29 is 19.2 Å². The second-order valence-corrected chi connectivity index (χ2v) is 8.17. The smallest absolute Gasteiger partial charge is 0.269 e. The Kier molecular flexibility index (Phi) is 6.96. The first-order valence-corrected chi connectivity index (χ1v) is 11.1. The lowest BCUT2D eigenvalue weighted by molar-refractivity contribution is -0.384. The zero-order valence-electron chi connectivity index (χ0n) is 17.9. The Morgan fingerprint density at radius 3 is 2.52 bits per heavy atom. The number of nitro benzene ring substituents is 1. The van der Waals surface area contributed by atoms with Crippen LogP contribution >= 0.6 is 11.3 Å². The Morgan fingerprint density at radius 2 is 1.88 bits per heavy atom. The quantitative estimate of drug-likeness (QED) is 0.316. The van der Waals surface area contributed by atoms with Crippen molar-refractivity contribution in [1.29, 1.82) is 0 Å². The van der Waals surface area contributed by atoms with Crippen molar-refractivity contribution in [3.05, 3.63) is 69.6 Å². The molecule has 0 radical (unpaired) electrons. The highest BCUT2D eigenvalue weighted by Crippen LogP contribution is 2.35. The number of ether oxygens (including phenoxy) is 2. The monoisotopic (exact) mass is 466 g/mol. The van der Waals surface area contributed by atoms with Crippen LogP contribution in [-0.4, -0.2) is 49.2 Å². The lowest BCUT2D eigenvalue weighted by atomic mass is 10.1. The predicted molar refractivity (Wildman–Crippen MR) is 128 cm³/mol. The zero-order chi connectivity index (χ0) is 23.2. The number of hydrogen-bond acceptors (Lipinski definition) is 8. The summed E-state index contributed by atoms with van der Waals surface area (Å²) < 4.78 is 10.6. The molecule has 2 heterocycles. The number of anilines is 2. The van der Waals surface area contributed by atoms with Crippen LogP contribution in [-0.2, 0) is 9.53 Å². The van der Waals surface area contributed by atoms with Gasteiger partial charge in [0, 0.05) is 42.5 Å². The largest absolute Gasteiger partial charge is 0.497 e. The van der Waals surface area contributed by atoms with Gasteiger partial charge in [0.05, 0.1) is 35.8 Å². The van der Waals surface area contributed by atoms with Crippen LogP contribution in [0.3, 0.4) is 0 Å². The van der Waals surface area contributed by atoms with Gasteiger partial charge in [0.25, 0.3) is 5.69 Å². The zero-order valence-corrected chi connectivity index (χ0v) is 18.7. The molecule has 0 aliphatic carbocycles. The Labute approximate surface area is 194 Å². The highest BCUT2D eigenvalue weighted by molar-refractivity contribution is 7.17. The fraction of sp³-hybridized carbons (Fsp3) is 0.217. The second kappa shape index (κ2) is 10.2. The van der Waals surface area contributed by atoms with Gasteiger partial charge in [-0.15, -0.1) is 0 Å². The standard InChI is InChI=1S/C23H22N4O5S/c1-31-19-8-4-17(5-9-19)24-21(28)11-10-20-22(16-2-6-18(7-3-16)27(29)30)25-23(33-20)26-12-14-32-15-13-26/h2-11H,12-15H2,1H3,(H,24,28)/b11-10+. The molecule has 0 atom stereocenters. The SMILES string of the molecule is COc1ccc(NC(=O)/C=C/c2sc(N3CCOCC3)nc2-c2ccc([N+](=O)[O-])cc2)cc1. The van der Waals surface area contributed by atoms with E-state index < -0.39 is 4.92 Å². The van der Waals surface area contributed by atoms with Crippen molar-refractivity contribution in [2.75, 3.05) is 43.6 Å². The minimum Gasteiger partial charge on any atom is -0.497 e. The highest BCUT2D eigenvalue weighted by atomic mass is 32.1. The minimum absolute atomic E-state index is 0.0124. The van der Waals surface area contributed by atoms with Gasteiger partial charge in [-0.25, -0.2) is 4.98 Å². The second-order valence-electron chi connectivity index (χ2n) is 7.16. The third-order valence-corrected chi connectivity index (χ3v) is 6.10. The maximum absolute atomic E-state index is 12.5. The average molecular weight is 467 g/mol. The summed E-state index contributed by atoms with van der Waals surface area (Å²) in [7, 11) is 1.58. The molecule has 1 N–H and O–H groups in total. The Morgan fingerprint density at radius 1 is 1.18 bits per heavy atom. The number of carbonyl (C=O) groups excluding carboxylic acids is 1. The van der Waals surface area contributed by atoms with E-state index in [1.807, 2.05) is 0 Å². The van der Waals surface area contributed by atoms with Crippen molar-refractivity contribution in [3.63, 3.8) is 0 Å². The van der Waals surface area contributed by atoms with Gasteiger partial charge in [-0.1, -0.05) is 11.3 Å². The van der Waals surface area contributed by atoms with Crippen molar-refractivity contribution in [2.45, 2.75) is 0 Å². The van der Waals surface area contributed by atoms with Crippen LogP contribution in [0, 0.1) is 10.1 Å². The first-order chi connectivity index (χ1) is 16.0. The molecule has 3 aromatic rings. The topological polar surface area (TPSA) is 107 Å². The summed E-state index contributed by atoms with van der Waals surface area (Å²) in [5.41, 5.74) is 2.08. The first kappa shape index (κ1) is 22.4. The summed E-state index contributed by atoms with van der Waals surface area (Å²) in [5.74, 6) is 0.424. The first-order valence-electron chi connectivity index (χ1n) is 10.2. The van der Waals surface area contributed by atoms with E-state index in [1.165, 1.54) is 29.5 Å². The molecule has 170 valence electrons. The molecular formula is C23H22N4O5S. The van der Waals surface area contributed by atoms with Gasteiger partial charge in [0.1, 0.15) is 5.75 Å². The highest BCUT2D eigenvalue weighted by Gasteiger charge is 2.19. The van der Waals surface area contributed by atoms with Gasteiger partial charge >= 0.3 is 0 Å². The van der Waals surface area contributed by atoms with Crippen molar-refractivity contribution in [1.82, 2.24) is 4.98 Å². The van der Waals surface area contributed by atoms with E-state index in [0.717, 1.165) is 28.7 Å². The molecule has 1 saturated heterocycles.